The Hall–Kier alpha value is -0.930. The molecule has 0 amide bonds. The van der Waals surface area contributed by atoms with Crippen molar-refractivity contribution in [2.24, 2.45) is 0 Å². The lowest BCUT2D eigenvalue weighted by molar-refractivity contribution is 0.285. The van der Waals surface area contributed by atoms with Crippen LogP contribution in [-0.4, -0.2) is 37.2 Å². The van der Waals surface area contributed by atoms with Crippen LogP contribution in [0.25, 0.3) is 0 Å². The third-order valence-corrected chi connectivity index (χ3v) is 4.20. The van der Waals surface area contributed by atoms with Gasteiger partial charge in [0.1, 0.15) is 5.75 Å². The third-order valence-electron chi connectivity index (χ3n) is 3.96. The largest absolute Gasteiger partial charge is 0.492 e. The van der Waals surface area contributed by atoms with E-state index in [1.165, 1.54) is 45.3 Å². The summed E-state index contributed by atoms with van der Waals surface area (Å²) in [6.45, 7) is 8.54. The van der Waals surface area contributed by atoms with Crippen molar-refractivity contribution in [2.75, 3.05) is 31.6 Å². The summed E-state index contributed by atoms with van der Waals surface area (Å²) in [6.07, 6.45) is 4.87. The Morgan fingerprint density at radius 3 is 2.90 bits per heavy atom. The van der Waals surface area contributed by atoms with E-state index >= 15 is 0 Å². The van der Waals surface area contributed by atoms with Crippen LogP contribution in [0, 0.1) is 0 Å². The highest BCUT2D eigenvalue weighted by molar-refractivity contribution is 6.30. The van der Waals surface area contributed by atoms with Crippen LogP contribution < -0.4 is 10.1 Å². The molecule has 1 unspecified atom stereocenters. The molecule has 0 saturated carbocycles. The fraction of sp³-hybridized carbons (Fsp3) is 0.647. The zero-order chi connectivity index (χ0) is 15.1. The van der Waals surface area contributed by atoms with Gasteiger partial charge in [0, 0.05) is 17.6 Å². The SMILES string of the molecule is CCCN1CCCC(Nc2cc(Cl)ccc2OCC)CC1. The summed E-state index contributed by atoms with van der Waals surface area (Å²) in [4.78, 5) is 2.57. The van der Waals surface area contributed by atoms with Crippen molar-refractivity contribution in [3.05, 3.63) is 23.2 Å². The maximum atomic E-state index is 6.13. The van der Waals surface area contributed by atoms with Crippen molar-refractivity contribution in [1.82, 2.24) is 4.90 Å². The van der Waals surface area contributed by atoms with E-state index in [0.717, 1.165) is 16.5 Å². The molecular formula is C17H27ClN2O. The maximum absolute atomic E-state index is 6.13. The number of nitrogens with one attached hydrogen (secondary N) is 1. The average molecular weight is 311 g/mol. The number of hydrogen-bond donors (Lipinski definition) is 1. The second kappa shape index (κ2) is 8.50. The predicted molar refractivity (Wildman–Crippen MR) is 90.6 cm³/mol. The molecule has 1 aliphatic heterocycles. The van der Waals surface area contributed by atoms with Crippen molar-refractivity contribution in [3.63, 3.8) is 0 Å². The molecular weight excluding hydrogens is 284 g/mol. The number of rotatable bonds is 6. The highest BCUT2D eigenvalue weighted by Gasteiger charge is 2.17. The van der Waals surface area contributed by atoms with Gasteiger partial charge in [-0.1, -0.05) is 18.5 Å². The highest BCUT2D eigenvalue weighted by atomic mass is 35.5. The van der Waals surface area contributed by atoms with Crippen molar-refractivity contribution < 1.29 is 4.74 Å². The maximum Gasteiger partial charge on any atom is 0.142 e. The first-order valence-corrected chi connectivity index (χ1v) is 8.52. The number of halogens is 1. The Kier molecular flexibility index (Phi) is 6.65. The Bertz CT molecular complexity index is 439. The van der Waals surface area contributed by atoms with Gasteiger partial charge in [0.05, 0.1) is 12.3 Å². The van der Waals surface area contributed by atoms with Crippen LogP contribution >= 0.6 is 11.6 Å². The molecule has 3 nitrogen and oxygen atoms in total. The molecule has 0 aliphatic carbocycles. The molecule has 1 atom stereocenters. The topological polar surface area (TPSA) is 24.5 Å². The summed E-state index contributed by atoms with van der Waals surface area (Å²) in [5, 5.41) is 4.39. The van der Waals surface area contributed by atoms with Gasteiger partial charge in [-0.05, 0) is 63.9 Å². The molecule has 1 aromatic rings. The van der Waals surface area contributed by atoms with Crippen LogP contribution in [0.15, 0.2) is 18.2 Å². The molecule has 1 aromatic carbocycles. The zero-order valence-electron chi connectivity index (χ0n) is 13.2. The number of anilines is 1. The van der Waals surface area contributed by atoms with Gasteiger partial charge < -0.3 is 15.0 Å². The number of ether oxygens (including phenoxy) is 1. The number of likely N-dealkylation sites (tertiary alicyclic amines) is 1. The molecule has 1 aliphatic rings. The molecule has 2 rings (SSSR count). The second-order valence-electron chi connectivity index (χ2n) is 5.69. The fourth-order valence-corrected chi connectivity index (χ4v) is 3.13. The summed E-state index contributed by atoms with van der Waals surface area (Å²) in [5.41, 5.74) is 1.03. The molecule has 1 heterocycles. The Morgan fingerprint density at radius 1 is 1.29 bits per heavy atom. The summed E-state index contributed by atoms with van der Waals surface area (Å²) in [5.74, 6) is 0.900. The zero-order valence-corrected chi connectivity index (χ0v) is 14.0. The van der Waals surface area contributed by atoms with Gasteiger partial charge in [0.15, 0.2) is 0 Å². The summed E-state index contributed by atoms with van der Waals surface area (Å²) in [6, 6.07) is 6.31. The number of hydrogen-bond acceptors (Lipinski definition) is 3. The van der Waals surface area contributed by atoms with E-state index in [1.807, 2.05) is 25.1 Å². The monoisotopic (exact) mass is 310 g/mol. The molecule has 0 spiro atoms. The fourth-order valence-electron chi connectivity index (χ4n) is 2.96. The standard InChI is InChI=1S/C17H27ClN2O/c1-3-10-20-11-5-6-15(9-12-20)19-16-13-14(18)7-8-17(16)21-4-2/h7-8,13,15,19H,3-6,9-12H2,1-2H3. The van der Waals surface area contributed by atoms with Crippen molar-refractivity contribution in [1.29, 1.82) is 0 Å². The minimum Gasteiger partial charge on any atom is -0.492 e. The van der Waals surface area contributed by atoms with E-state index < -0.39 is 0 Å². The van der Waals surface area contributed by atoms with Crippen LogP contribution in [0.2, 0.25) is 5.02 Å². The van der Waals surface area contributed by atoms with E-state index in [1.54, 1.807) is 0 Å². The van der Waals surface area contributed by atoms with E-state index in [4.69, 9.17) is 16.3 Å². The first-order valence-electron chi connectivity index (χ1n) is 8.14. The summed E-state index contributed by atoms with van der Waals surface area (Å²) < 4.78 is 5.69. The minimum atomic E-state index is 0.504. The quantitative estimate of drug-likeness (QED) is 0.842. The van der Waals surface area contributed by atoms with Gasteiger partial charge in [-0.25, -0.2) is 0 Å². The lowest BCUT2D eigenvalue weighted by Gasteiger charge is -2.21. The number of nitrogens with zero attached hydrogens (tertiary/aromatic N) is 1. The van der Waals surface area contributed by atoms with Gasteiger partial charge >= 0.3 is 0 Å². The molecule has 4 heteroatoms. The Balaban J connectivity index is 1.99. The molecule has 1 saturated heterocycles. The third kappa shape index (κ3) is 5.08. The first-order chi connectivity index (χ1) is 10.2. The van der Waals surface area contributed by atoms with Crippen LogP contribution in [0.5, 0.6) is 5.75 Å². The highest BCUT2D eigenvalue weighted by Crippen LogP contribution is 2.30. The van der Waals surface area contributed by atoms with Crippen molar-refractivity contribution >= 4 is 17.3 Å². The van der Waals surface area contributed by atoms with Crippen molar-refractivity contribution in [3.8, 4) is 5.75 Å². The van der Waals surface area contributed by atoms with Crippen LogP contribution in [-0.2, 0) is 0 Å². The minimum absolute atomic E-state index is 0.504. The summed E-state index contributed by atoms with van der Waals surface area (Å²) >= 11 is 6.13. The van der Waals surface area contributed by atoms with Crippen LogP contribution in [0.1, 0.15) is 39.5 Å². The van der Waals surface area contributed by atoms with Crippen LogP contribution in [0.4, 0.5) is 5.69 Å². The van der Waals surface area contributed by atoms with E-state index in [9.17, 15) is 0 Å². The van der Waals surface area contributed by atoms with E-state index in [2.05, 4.69) is 17.1 Å². The molecule has 21 heavy (non-hydrogen) atoms. The van der Waals surface area contributed by atoms with Gasteiger partial charge in [0.2, 0.25) is 0 Å². The molecule has 1 N–H and O–H groups in total. The Labute approximate surface area is 133 Å². The van der Waals surface area contributed by atoms with Gasteiger partial charge in [0.25, 0.3) is 0 Å². The second-order valence-corrected chi connectivity index (χ2v) is 6.12. The molecule has 118 valence electrons. The normalized spacial score (nSPS) is 20.0. The lowest BCUT2D eigenvalue weighted by Crippen LogP contribution is -2.27. The summed E-state index contributed by atoms with van der Waals surface area (Å²) in [7, 11) is 0. The predicted octanol–water partition coefficient (Wildman–Crippen LogP) is 4.42. The number of benzene rings is 1. The van der Waals surface area contributed by atoms with Gasteiger partial charge in [-0.3, -0.25) is 0 Å². The first kappa shape index (κ1) is 16.4. The lowest BCUT2D eigenvalue weighted by atomic mass is 10.1. The molecule has 1 fully saturated rings. The van der Waals surface area contributed by atoms with Gasteiger partial charge in [-0.2, -0.15) is 0 Å². The van der Waals surface area contributed by atoms with E-state index in [0.29, 0.717) is 12.6 Å². The molecule has 0 bridgehead atoms. The van der Waals surface area contributed by atoms with Crippen molar-refractivity contribution in [2.45, 2.75) is 45.6 Å². The molecule has 0 radical (unpaired) electrons. The average Bonchev–Trinajstić information content (AvgIpc) is 2.68. The van der Waals surface area contributed by atoms with Gasteiger partial charge in [-0.15, -0.1) is 0 Å². The smallest absolute Gasteiger partial charge is 0.142 e. The molecule has 0 aromatic heterocycles. The Morgan fingerprint density at radius 2 is 2.14 bits per heavy atom. The van der Waals surface area contributed by atoms with Crippen LogP contribution in [0.3, 0.4) is 0 Å². The van der Waals surface area contributed by atoms with E-state index in [-0.39, 0.29) is 0 Å².